The Morgan fingerprint density at radius 2 is 1.74 bits per heavy atom. The van der Waals surface area contributed by atoms with Gasteiger partial charge in [0.15, 0.2) is 5.78 Å². The molecule has 0 saturated heterocycles. The second kappa shape index (κ2) is 7.28. The minimum Gasteiger partial charge on any atom is -0.295 e. The molecule has 102 valence electrons. The van der Waals surface area contributed by atoms with Crippen molar-refractivity contribution < 1.29 is 4.79 Å². The first-order valence-corrected chi connectivity index (χ1v) is 7.59. The van der Waals surface area contributed by atoms with Crippen molar-refractivity contribution in [2.45, 2.75) is 45.4 Å². The molecular weight excluding hydrogens is 232 g/mol. The summed E-state index contributed by atoms with van der Waals surface area (Å²) in [5.74, 6) is 1.01. The summed E-state index contributed by atoms with van der Waals surface area (Å²) in [7, 11) is 0. The molecule has 0 radical (unpaired) electrons. The third kappa shape index (κ3) is 3.79. The third-order valence-corrected chi connectivity index (χ3v) is 3.98. The zero-order valence-electron chi connectivity index (χ0n) is 11.8. The topological polar surface area (TPSA) is 17.1 Å². The second-order valence-electron chi connectivity index (χ2n) is 5.47. The number of ketones is 1. The number of rotatable bonds is 8. The molecule has 0 aliphatic heterocycles. The monoisotopic (exact) mass is 256 g/mol. The molecule has 2 aliphatic carbocycles. The first-order valence-electron chi connectivity index (χ1n) is 7.59. The molecule has 0 aromatic rings. The first kappa shape index (κ1) is 14.0. The third-order valence-electron chi connectivity index (χ3n) is 3.98. The van der Waals surface area contributed by atoms with Crippen LogP contribution in [0.25, 0.3) is 0 Å². The van der Waals surface area contributed by atoms with E-state index < -0.39 is 0 Å². The van der Waals surface area contributed by atoms with Gasteiger partial charge in [0.2, 0.25) is 0 Å². The van der Waals surface area contributed by atoms with Gasteiger partial charge >= 0.3 is 0 Å². The summed E-state index contributed by atoms with van der Waals surface area (Å²) < 4.78 is 0. The number of Topliss-reactive ketones (excluding diaryl/α,β-unsaturated/α-hetero) is 1. The molecule has 0 fully saturated rings. The van der Waals surface area contributed by atoms with Crippen LogP contribution in [0.5, 0.6) is 0 Å². The van der Waals surface area contributed by atoms with Gasteiger partial charge < -0.3 is 0 Å². The second-order valence-corrected chi connectivity index (χ2v) is 5.47. The van der Waals surface area contributed by atoms with Crippen molar-refractivity contribution in [2.75, 3.05) is 0 Å². The predicted molar refractivity (Wildman–Crippen MR) is 80.9 cm³/mol. The summed E-state index contributed by atoms with van der Waals surface area (Å²) in [4.78, 5) is 12.3. The molecule has 1 nitrogen and oxygen atoms in total. The van der Waals surface area contributed by atoms with E-state index in [9.17, 15) is 4.79 Å². The zero-order valence-corrected chi connectivity index (χ0v) is 11.8. The lowest BCUT2D eigenvalue weighted by atomic mass is 9.86. The quantitative estimate of drug-likeness (QED) is 0.572. The summed E-state index contributed by atoms with van der Waals surface area (Å²) in [5, 5.41) is 0. The number of unbranched alkanes of at least 4 members (excludes halogenated alkanes) is 4. The molecule has 0 N–H and O–H groups in total. The van der Waals surface area contributed by atoms with Gasteiger partial charge in [-0.1, -0.05) is 75.1 Å². The Morgan fingerprint density at radius 3 is 2.47 bits per heavy atom. The van der Waals surface area contributed by atoms with Crippen LogP contribution in [-0.4, -0.2) is 5.78 Å². The van der Waals surface area contributed by atoms with Gasteiger partial charge in [-0.3, -0.25) is 4.79 Å². The number of carbonyl (C=O) groups is 1. The van der Waals surface area contributed by atoms with Gasteiger partial charge in [-0.05, 0) is 6.42 Å². The number of allylic oxidation sites excluding steroid dienone is 8. The Hall–Kier alpha value is -1.37. The normalized spacial score (nSPS) is 21.3. The van der Waals surface area contributed by atoms with Crippen LogP contribution >= 0.6 is 0 Å². The largest absolute Gasteiger partial charge is 0.295 e. The van der Waals surface area contributed by atoms with E-state index in [2.05, 4.69) is 37.3 Å². The summed E-state index contributed by atoms with van der Waals surface area (Å²) in [6.07, 6.45) is 21.5. The molecule has 0 heterocycles. The van der Waals surface area contributed by atoms with Crippen molar-refractivity contribution >= 4 is 5.78 Å². The molecule has 2 aliphatic rings. The Morgan fingerprint density at radius 1 is 1.00 bits per heavy atom. The lowest BCUT2D eigenvalue weighted by Gasteiger charge is -2.17. The van der Waals surface area contributed by atoms with Crippen molar-refractivity contribution in [3.8, 4) is 0 Å². The van der Waals surface area contributed by atoms with E-state index in [1.165, 1.54) is 25.7 Å². The van der Waals surface area contributed by atoms with Crippen LogP contribution in [0.4, 0.5) is 0 Å². The van der Waals surface area contributed by atoms with Crippen LogP contribution in [0.3, 0.4) is 0 Å². The average Bonchev–Trinajstić information content (AvgIpc) is 3.08. The van der Waals surface area contributed by atoms with Crippen molar-refractivity contribution in [3.05, 3.63) is 48.1 Å². The molecule has 0 amide bonds. The summed E-state index contributed by atoms with van der Waals surface area (Å²) in [5.41, 5.74) is 1.01. The van der Waals surface area contributed by atoms with Crippen LogP contribution in [0.1, 0.15) is 45.4 Å². The number of carbonyl (C=O) groups excluding carboxylic acids is 1. The van der Waals surface area contributed by atoms with Crippen LogP contribution in [0.2, 0.25) is 0 Å². The Bertz CT molecular complexity index is 411. The van der Waals surface area contributed by atoms with E-state index in [0.29, 0.717) is 18.1 Å². The van der Waals surface area contributed by atoms with Crippen LogP contribution < -0.4 is 0 Å². The first-order chi connectivity index (χ1) is 9.33. The fourth-order valence-electron chi connectivity index (χ4n) is 2.83. The number of hydrogen-bond donors (Lipinski definition) is 0. The highest BCUT2D eigenvalue weighted by atomic mass is 16.1. The Balaban J connectivity index is 1.79. The predicted octanol–water partition coefficient (Wildman–Crippen LogP) is 4.77. The summed E-state index contributed by atoms with van der Waals surface area (Å²) >= 11 is 0. The van der Waals surface area contributed by atoms with Gasteiger partial charge in [-0.25, -0.2) is 0 Å². The van der Waals surface area contributed by atoms with Gasteiger partial charge in [0.1, 0.15) is 0 Å². The highest BCUT2D eigenvalue weighted by Crippen LogP contribution is 2.32. The van der Waals surface area contributed by atoms with E-state index >= 15 is 0 Å². The van der Waals surface area contributed by atoms with E-state index in [0.717, 1.165) is 12.0 Å². The van der Waals surface area contributed by atoms with Crippen LogP contribution in [0.15, 0.2) is 48.1 Å². The molecule has 0 aromatic carbocycles. The van der Waals surface area contributed by atoms with Crippen molar-refractivity contribution in [1.82, 2.24) is 0 Å². The molecule has 1 unspecified atom stereocenters. The molecule has 0 spiro atoms. The fraction of sp³-hybridized carbons (Fsp3) is 0.500. The lowest BCUT2D eigenvalue weighted by Crippen LogP contribution is -2.15. The smallest absolute Gasteiger partial charge is 0.159 e. The highest BCUT2D eigenvalue weighted by Gasteiger charge is 2.26. The maximum atomic E-state index is 12.3. The van der Waals surface area contributed by atoms with Gasteiger partial charge in [0, 0.05) is 23.8 Å². The highest BCUT2D eigenvalue weighted by molar-refractivity contribution is 5.97. The molecular formula is C18H24O. The molecule has 0 bridgehead atoms. The van der Waals surface area contributed by atoms with Crippen molar-refractivity contribution in [2.24, 2.45) is 11.8 Å². The summed E-state index contributed by atoms with van der Waals surface area (Å²) in [6, 6.07) is 0. The van der Waals surface area contributed by atoms with Gasteiger partial charge in [0.25, 0.3) is 0 Å². The van der Waals surface area contributed by atoms with Gasteiger partial charge in [-0.15, -0.1) is 0 Å². The fourth-order valence-corrected chi connectivity index (χ4v) is 2.83. The number of hydrogen-bond acceptors (Lipinski definition) is 1. The molecule has 1 atom stereocenters. The molecule has 1 heteroatoms. The minimum atomic E-state index is 0.276. The average molecular weight is 256 g/mol. The molecule has 0 aromatic heterocycles. The lowest BCUT2D eigenvalue weighted by molar-refractivity contribution is -0.116. The SMILES string of the molecule is CCCCCCCC(=O)C1=CC=CC1C1C=CC=C1. The standard InChI is InChI=1S/C18H24O/c1-2-3-4-5-6-14-18(19)17-13-9-12-16(17)15-10-7-8-11-15/h7-13,15-16H,2-6,14H2,1H3. The van der Waals surface area contributed by atoms with Gasteiger partial charge in [0.05, 0.1) is 0 Å². The maximum Gasteiger partial charge on any atom is 0.159 e. The molecule has 0 saturated carbocycles. The maximum absolute atomic E-state index is 12.3. The van der Waals surface area contributed by atoms with E-state index in [1.807, 2.05) is 12.2 Å². The van der Waals surface area contributed by atoms with Crippen molar-refractivity contribution in [3.63, 3.8) is 0 Å². The Kier molecular flexibility index (Phi) is 5.38. The van der Waals surface area contributed by atoms with Gasteiger partial charge in [-0.2, -0.15) is 0 Å². The molecule has 19 heavy (non-hydrogen) atoms. The molecule has 2 rings (SSSR count). The van der Waals surface area contributed by atoms with Crippen LogP contribution in [0, 0.1) is 11.8 Å². The van der Waals surface area contributed by atoms with Crippen molar-refractivity contribution in [1.29, 1.82) is 0 Å². The van der Waals surface area contributed by atoms with Crippen LogP contribution in [-0.2, 0) is 4.79 Å². The minimum absolute atomic E-state index is 0.276. The van der Waals surface area contributed by atoms with E-state index in [1.54, 1.807) is 0 Å². The van der Waals surface area contributed by atoms with E-state index in [-0.39, 0.29) is 5.92 Å². The van der Waals surface area contributed by atoms with E-state index in [4.69, 9.17) is 0 Å². The summed E-state index contributed by atoms with van der Waals surface area (Å²) in [6.45, 7) is 2.22. The Labute approximate surface area is 116 Å². The zero-order chi connectivity index (χ0) is 13.5.